The molecule has 0 unspecified atom stereocenters. The molecule has 1 aliphatic heterocycles. The summed E-state index contributed by atoms with van der Waals surface area (Å²) in [5.74, 6) is -2.47. The smallest absolute Gasteiger partial charge is 0.306 e. The number of ether oxygens (including phenoxy) is 2. The van der Waals surface area contributed by atoms with Crippen molar-refractivity contribution in [2.75, 3.05) is 6.61 Å². The Bertz CT molecular complexity index is 1340. The van der Waals surface area contributed by atoms with Crippen molar-refractivity contribution in [2.24, 2.45) is 17.8 Å². The Balaban J connectivity index is 1.81. The first-order chi connectivity index (χ1) is 22.3. The van der Waals surface area contributed by atoms with Gasteiger partial charge in [0.25, 0.3) is 5.91 Å². The van der Waals surface area contributed by atoms with Crippen LogP contribution in [0, 0.1) is 17.8 Å². The van der Waals surface area contributed by atoms with E-state index in [0.29, 0.717) is 25.9 Å². The van der Waals surface area contributed by atoms with Crippen molar-refractivity contribution in [3.05, 3.63) is 71.8 Å². The monoisotopic (exact) mass is 648 g/mol. The molecule has 0 aromatic heterocycles. The number of hydrogen-bond donors (Lipinski definition) is 2. The van der Waals surface area contributed by atoms with Crippen molar-refractivity contribution >= 4 is 29.4 Å². The number of rotatable bonds is 20. The highest BCUT2D eigenvalue weighted by Gasteiger charge is 2.50. The van der Waals surface area contributed by atoms with Crippen molar-refractivity contribution < 1.29 is 33.4 Å². The molecular formula is C38H52N2O7. The molecule has 2 aromatic rings. The van der Waals surface area contributed by atoms with E-state index in [1.807, 2.05) is 88.4 Å². The quantitative estimate of drug-likeness (QED) is 0.149. The van der Waals surface area contributed by atoms with Crippen LogP contribution in [-0.2, 0) is 46.3 Å². The van der Waals surface area contributed by atoms with E-state index in [1.165, 1.54) is 0 Å². The van der Waals surface area contributed by atoms with Gasteiger partial charge in [-0.1, -0.05) is 95.3 Å². The summed E-state index contributed by atoms with van der Waals surface area (Å²) < 4.78 is 10.9. The van der Waals surface area contributed by atoms with Gasteiger partial charge in [0.1, 0.15) is 5.60 Å². The first kappa shape index (κ1) is 37.6. The van der Waals surface area contributed by atoms with Gasteiger partial charge >= 0.3 is 5.97 Å². The van der Waals surface area contributed by atoms with Crippen LogP contribution < -0.4 is 10.6 Å². The molecule has 0 radical (unpaired) electrons. The lowest BCUT2D eigenvalue weighted by molar-refractivity contribution is -0.156. The predicted molar refractivity (Wildman–Crippen MR) is 180 cm³/mol. The standard InChI is InChI=1S/C38H52N2O7/c1-7-34(42)47-33(19-18-27-14-10-8-11-15-27)37(45)39-30(20-25(2)3)32(41)23-29(22-28-16-12-9-13-17-28)36(44)40-31(21-26(4)5)35(43)38(6)24-46-38/h8-17,25-26,29-31,33H,7,18-24H2,1-6H3,(H,39,45)(H,40,44)/t29-,30+,31+,33+,38-/m1/s1. The van der Waals surface area contributed by atoms with Crippen molar-refractivity contribution in [1.29, 1.82) is 0 Å². The van der Waals surface area contributed by atoms with Gasteiger partial charge in [-0.05, 0) is 62.0 Å². The van der Waals surface area contributed by atoms with Crippen LogP contribution in [0.1, 0.15) is 84.8 Å². The molecule has 0 spiro atoms. The number of carbonyl (C=O) groups excluding carboxylic acids is 5. The van der Waals surface area contributed by atoms with Gasteiger partial charge in [-0.25, -0.2) is 0 Å². The van der Waals surface area contributed by atoms with Crippen molar-refractivity contribution in [1.82, 2.24) is 10.6 Å². The highest BCUT2D eigenvalue weighted by Crippen LogP contribution is 2.30. The number of aryl methyl sites for hydroxylation is 1. The molecule has 1 aliphatic rings. The van der Waals surface area contributed by atoms with Gasteiger partial charge < -0.3 is 20.1 Å². The predicted octanol–water partition coefficient (Wildman–Crippen LogP) is 5.18. The average Bonchev–Trinajstić information content (AvgIpc) is 3.80. The molecular weight excluding hydrogens is 596 g/mol. The van der Waals surface area contributed by atoms with E-state index in [0.717, 1.165) is 11.1 Å². The summed E-state index contributed by atoms with van der Waals surface area (Å²) in [6.45, 7) is 11.6. The lowest BCUT2D eigenvalue weighted by Gasteiger charge is -2.27. The minimum Gasteiger partial charge on any atom is -0.452 e. The third-order valence-corrected chi connectivity index (χ3v) is 8.39. The Morgan fingerprint density at radius 2 is 1.34 bits per heavy atom. The first-order valence-corrected chi connectivity index (χ1v) is 16.9. The fourth-order valence-corrected chi connectivity index (χ4v) is 5.59. The summed E-state index contributed by atoms with van der Waals surface area (Å²) in [7, 11) is 0. The van der Waals surface area contributed by atoms with Gasteiger partial charge in [0.15, 0.2) is 17.7 Å². The molecule has 9 heteroatoms. The third-order valence-electron chi connectivity index (χ3n) is 8.39. The van der Waals surface area contributed by atoms with Crippen LogP contribution in [-0.4, -0.2) is 59.7 Å². The van der Waals surface area contributed by atoms with E-state index in [9.17, 15) is 24.0 Å². The lowest BCUT2D eigenvalue weighted by atomic mass is 9.87. The van der Waals surface area contributed by atoms with E-state index in [4.69, 9.17) is 9.47 Å². The van der Waals surface area contributed by atoms with Crippen molar-refractivity contribution in [2.45, 2.75) is 110 Å². The van der Waals surface area contributed by atoms with E-state index in [2.05, 4.69) is 10.6 Å². The number of ketones is 2. The molecule has 2 amide bonds. The molecule has 256 valence electrons. The van der Waals surface area contributed by atoms with Crippen LogP contribution >= 0.6 is 0 Å². The van der Waals surface area contributed by atoms with Gasteiger partial charge in [-0.2, -0.15) is 0 Å². The molecule has 1 fully saturated rings. The number of esters is 1. The zero-order chi connectivity index (χ0) is 34.6. The number of hydrogen-bond acceptors (Lipinski definition) is 7. The topological polar surface area (TPSA) is 131 Å². The number of nitrogens with one attached hydrogen (secondary N) is 2. The molecule has 2 aromatic carbocycles. The van der Waals surface area contributed by atoms with E-state index in [1.54, 1.807) is 13.8 Å². The molecule has 9 nitrogen and oxygen atoms in total. The van der Waals surface area contributed by atoms with E-state index in [-0.39, 0.29) is 49.1 Å². The minimum atomic E-state index is -1.07. The van der Waals surface area contributed by atoms with Gasteiger partial charge in [0, 0.05) is 18.8 Å². The van der Waals surface area contributed by atoms with Gasteiger partial charge in [-0.15, -0.1) is 0 Å². The Morgan fingerprint density at radius 3 is 1.87 bits per heavy atom. The summed E-state index contributed by atoms with van der Waals surface area (Å²) in [4.78, 5) is 66.9. The van der Waals surface area contributed by atoms with Crippen LogP contribution in [0.25, 0.3) is 0 Å². The highest BCUT2D eigenvalue weighted by atomic mass is 16.6. The number of carbonyl (C=O) groups is 5. The van der Waals surface area contributed by atoms with E-state index >= 15 is 0 Å². The maximum absolute atomic E-state index is 14.0. The summed E-state index contributed by atoms with van der Waals surface area (Å²) >= 11 is 0. The summed E-state index contributed by atoms with van der Waals surface area (Å²) in [6.07, 6.45) is 0.760. The normalized spacial score (nSPS) is 18.1. The fraction of sp³-hybridized carbons (Fsp3) is 0.553. The second-order valence-corrected chi connectivity index (χ2v) is 13.7. The molecule has 0 bridgehead atoms. The van der Waals surface area contributed by atoms with Crippen molar-refractivity contribution in [3.8, 4) is 0 Å². The fourth-order valence-electron chi connectivity index (χ4n) is 5.59. The molecule has 0 saturated carbocycles. The number of Topliss-reactive ketones (excluding diaryl/α,β-unsaturated/α-hetero) is 2. The molecule has 47 heavy (non-hydrogen) atoms. The van der Waals surface area contributed by atoms with Crippen LogP contribution in [0.3, 0.4) is 0 Å². The Kier molecular flexibility index (Phi) is 14.3. The maximum atomic E-state index is 14.0. The van der Waals surface area contributed by atoms with Gasteiger partial charge in [-0.3, -0.25) is 24.0 Å². The largest absolute Gasteiger partial charge is 0.452 e. The minimum absolute atomic E-state index is 0.0546. The molecule has 2 N–H and O–H groups in total. The third kappa shape index (κ3) is 12.4. The van der Waals surface area contributed by atoms with Crippen LogP contribution in [0.15, 0.2) is 60.7 Å². The first-order valence-electron chi connectivity index (χ1n) is 16.9. The number of amides is 2. The van der Waals surface area contributed by atoms with Crippen LogP contribution in [0.5, 0.6) is 0 Å². The molecule has 5 atom stereocenters. The Hall–Kier alpha value is -3.85. The molecule has 1 heterocycles. The Morgan fingerprint density at radius 1 is 0.809 bits per heavy atom. The molecule has 3 rings (SSSR count). The summed E-state index contributed by atoms with van der Waals surface area (Å²) in [5.41, 5.74) is 0.975. The van der Waals surface area contributed by atoms with Gasteiger partial charge in [0.05, 0.1) is 18.7 Å². The van der Waals surface area contributed by atoms with Gasteiger partial charge in [0.2, 0.25) is 5.91 Å². The lowest BCUT2D eigenvalue weighted by Crippen LogP contribution is -2.50. The molecule has 0 aliphatic carbocycles. The number of benzene rings is 2. The highest BCUT2D eigenvalue weighted by molar-refractivity contribution is 5.98. The summed E-state index contributed by atoms with van der Waals surface area (Å²) in [5, 5.41) is 5.82. The molecule has 1 saturated heterocycles. The zero-order valence-electron chi connectivity index (χ0n) is 28.8. The van der Waals surface area contributed by atoms with Crippen LogP contribution in [0.2, 0.25) is 0 Å². The SMILES string of the molecule is CCC(=O)O[C@@H](CCc1ccccc1)C(=O)N[C@@H](CC(C)C)C(=O)C[C@@H](Cc1ccccc1)C(=O)N[C@@H](CC(C)C)C(=O)[C@@]1(C)CO1. The van der Waals surface area contributed by atoms with Crippen molar-refractivity contribution in [3.63, 3.8) is 0 Å². The summed E-state index contributed by atoms with van der Waals surface area (Å²) in [6, 6.07) is 17.4. The number of epoxide rings is 1. The average molecular weight is 649 g/mol. The van der Waals surface area contributed by atoms with Crippen LogP contribution in [0.4, 0.5) is 0 Å². The zero-order valence-corrected chi connectivity index (χ0v) is 28.8. The van der Waals surface area contributed by atoms with E-state index < -0.39 is 47.5 Å². The Labute approximate surface area is 279 Å². The maximum Gasteiger partial charge on any atom is 0.306 e. The second kappa shape index (κ2) is 17.9. The second-order valence-electron chi connectivity index (χ2n) is 13.7.